The Labute approximate surface area is 197 Å². The second-order valence-corrected chi connectivity index (χ2v) is 9.85. The van der Waals surface area contributed by atoms with Crippen molar-refractivity contribution in [3.8, 4) is 0 Å². The summed E-state index contributed by atoms with van der Waals surface area (Å²) in [5, 5.41) is 2.97. The number of para-hydroxylation sites is 2. The van der Waals surface area contributed by atoms with Gasteiger partial charge in [0.15, 0.2) is 11.5 Å². The number of nitrogens with zero attached hydrogens (tertiary/aromatic N) is 3. The van der Waals surface area contributed by atoms with Gasteiger partial charge in [-0.3, -0.25) is 14.5 Å². The number of hydrogen-bond acceptors (Lipinski definition) is 6. The summed E-state index contributed by atoms with van der Waals surface area (Å²) in [5.41, 5.74) is 2.96. The third-order valence-corrected chi connectivity index (χ3v) is 7.17. The van der Waals surface area contributed by atoms with Gasteiger partial charge in [0.1, 0.15) is 5.52 Å². The van der Waals surface area contributed by atoms with Crippen LogP contribution in [0, 0.1) is 0 Å². The molecule has 3 aromatic rings. The predicted octanol–water partition coefficient (Wildman–Crippen LogP) is 3.83. The van der Waals surface area contributed by atoms with Crippen molar-refractivity contribution in [2.75, 3.05) is 49.5 Å². The maximum Gasteiger partial charge on any atom is 0.253 e. The van der Waals surface area contributed by atoms with Crippen LogP contribution in [0.15, 0.2) is 52.9 Å². The van der Waals surface area contributed by atoms with Crippen molar-refractivity contribution in [2.24, 2.45) is 0 Å². The summed E-state index contributed by atoms with van der Waals surface area (Å²) >= 11 is 1.87. The monoisotopic (exact) mass is 464 g/mol. The lowest BCUT2D eigenvalue weighted by atomic mass is 9.98. The molecular formula is C25H28N4O3S. The average Bonchev–Trinajstić information content (AvgIpc) is 3.29. The molecule has 5 rings (SSSR count). The number of likely N-dealkylation sites (tertiary alicyclic amines) is 1. The molecule has 2 aliphatic heterocycles. The van der Waals surface area contributed by atoms with Gasteiger partial charge in [0.2, 0.25) is 5.91 Å². The van der Waals surface area contributed by atoms with Gasteiger partial charge in [-0.15, -0.1) is 0 Å². The molecule has 1 unspecified atom stereocenters. The average molecular weight is 465 g/mol. The number of carbonyl (C=O) groups excluding carboxylic acids is 2. The highest BCUT2D eigenvalue weighted by Crippen LogP contribution is 2.29. The highest BCUT2D eigenvalue weighted by atomic mass is 32.2. The van der Waals surface area contributed by atoms with Crippen LogP contribution in [0.3, 0.4) is 0 Å². The van der Waals surface area contributed by atoms with Crippen LogP contribution in [-0.4, -0.2) is 70.8 Å². The molecule has 8 heteroatoms. The van der Waals surface area contributed by atoms with Crippen molar-refractivity contribution in [1.29, 1.82) is 0 Å². The van der Waals surface area contributed by atoms with E-state index < -0.39 is 0 Å². The molecule has 2 fully saturated rings. The minimum atomic E-state index is -0.0767. The number of fused-ring (bicyclic) bond motifs is 1. The van der Waals surface area contributed by atoms with Gasteiger partial charge in [-0.25, -0.2) is 4.98 Å². The maximum absolute atomic E-state index is 12.8. The van der Waals surface area contributed by atoms with Crippen LogP contribution in [0.5, 0.6) is 0 Å². The molecule has 0 spiro atoms. The Bertz CT molecular complexity index is 1110. The quantitative estimate of drug-likeness (QED) is 0.618. The number of carbonyl (C=O) groups is 2. The minimum absolute atomic E-state index is 0.0311. The summed E-state index contributed by atoms with van der Waals surface area (Å²) in [7, 11) is 0. The Kier molecular flexibility index (Phi) is 6.64. The largest absolute Gasteiger partial charge is 0.440 e. The smallest absolute Gasteiger partial charge is 0.253 e. The SMILES string of the molecule is O=C(CN1CCCC(c2nc3ccccc3o2)C1)Nc1cccc(C(=O)N2CCSCC2)c1. The summed E-state index contributed by atoms with van der Waals surface area (Å²) < 4.78 is 5.97. The van der Waals surface area contributed by atoms with Gasteiger partial charge in [-0.05, 0) is 49.7 Å². The molecule has 3 heterocycles. The van der Waals surface area contributed by atoms with Crippen molar-refractivity contribution >= 4 is 40.4 Å². The lowest BCUT2D eigenvalue weighted by Gasteiger charge is -2.30. The Balaban J connectivity index is 1.19. The third-order valence-electron chi connectivity index (χ3n) is 6.22. The second-order valence-electron chi connectivity index (χ2n) is 8.63. The first kappa shape index (κ1) is 22.0. The van der Waals surface area contributed by atoms with Crippen LogP contribution in [0.1, 0.15) is 35.0 Å². The van der Waals surface area contributed by atoms with Crippen LogP contribution in [0.2, 0.25) is 0 Å². The number of oxazole rings is 1. The Morgan fingerprint density at radius 2 is 1.94 bits per heavy atom. The van der Waals surface area contributed by atoms with E-state index >= 15 is 0 Å². The van der Waals surface area contributed by atoms with Crippen LogP contribution in [0.4, 0.5) is 5.69 Å². The highest BCUT2D eigenvalue weighted by molar-refractivity contribution is 7.99. The highest BCUT2D eigenvalue weighted by Gasteiger charge is 2.26. The first-order valence-corrected chi connectivity index (χ1v) is 12.7. The van der Waals surface area contributed by atoms with E-state index in [1.165, 1.54) is 0 Å². The summed E-state index contributed by atoms with van der Waals surface area (Å²) in [6, 6.07) is 15.0. The zero-order valence-electron chi connectivity index (χ0n) is 18.5. The maximum atomic E-state index is 12.8. The van der Waals surface area contributed by atoms with Crippen molar-refractivity contribution in [2.45, 2.75) is 18.8 Å². The predicted molar refractivity (Wildman–Crippen MR) is 131 cm³/mol. The van der Waals surface area contributed by atoms with E-state index in [1.807, 2.05) is 59.1 Å². The zero-order chi connectivity index (χ0) is 22.6. The fraction of sp³-hybridized carbons (Fsp3) is 0.400. The van der Waals surface area contributed by atoms with E-state index in [9.17, 15) is 9.59 Å². The van der Waals surface area contributed by atoms with Crippen LogP contribution in [0.25, 0.3) is 11.1 Å². The number of rotatable bonds is 5. The molecule has 2 aromatic carbocycles. The number of amides is 2. The molecule has 172 valence electrons. The van der Waals surface area contributed by atoms with Gasteiger partial charge in [0.05, 0.1) is 6.54 Å². The summed E-state index contributed by atoms with van der Waals surface area (Å²) in [6.07, 6.45) is 2.00. The fourth-order valence-electron chi connectivity index (χ4n) is 4.55. The Hall–Kier alpha value is -2.84. The van der Waals surface area contributed by atoms with Gasteiger partial charge in [0.25, 0.3) is 5.91 Å². The number of nitrogens with one attached hydrogen (secondary N) is 1. The molecule has 1 aromatic heterocycles. The van der Waals surface area contributed by atoms with E-state index in [-0.39, 0.29) is 17.7 Å². The van der Waals surface area contributed by atoms with Crippen LogP contribution >= 0.6 is 11.8 Å². The molecule has 0 bridgehead atoms. The lowest BCUT2D eigenvalue weighted by molar-refractivity contribution is -0.117. The summed E-state index contributed by atoms with van der Waals surface area (Å²) in [4.78, 5) is 34.2. The number of piperidine rings is 1. The molecule has 2 amide bonds. The molecule has 33 heavy (non-hydrogen) atoms. The molecule has 0 radical (unpaired) electrons. The zero-order valence-corrected chi connectivity index (χ0v) is 19.4. The number of hydrogen-bond donors (Lipinski definition) is 1. The Morgan fingerprint density at radius 3 is 2.79 bits per heavy atom. The summed E-state index contributed by atoms with van der Waals surface area (Å²) in [5.74, 6) is 2.84. The lowest BCUT2D eigenvalue weighted by Crippen LogP contribution is -2.40. The first-order chi connectivity index (χ1) is 16.2. The molecule has 7 nitrogen and oxygen atoms in total. The standard InChI is InChI=1S/C25H28N4O3S/c30-23(26-20-7-3-5-18(15-20)25(31)29-11-13-33-14-12-29)17-28-10-4-6-19(16-28)24-27-21-8-1-2-9-22(21)32-24/h1-3,5,7-9,15,19H,4,6,10-14,16-17H2,(H,26,30). The summed E-state index contributed by atoms with van der Waals surface area (Å²) in [6.45, 7) is 3.46. The molecular weight excluding hydrogens is 436 g/mol. The van der Waals surface area contributed by atoms with E-state index in [0.29, 0.717) is 17.8 Å². The van der Waals surface area contributed by atoms with Gasteiger partial charge in [-0.2, -0.15) is 11.8 Å². The molecule has 2 saturated heterocycles. The normalized spacial score (nSPS) is 19.5. The first-order valence-electron chi connectivity index (χ1n) is 11.5. The molecule has 2 aliphatic rings. The molecule has 1 N–H and O–H groups in total. The van der Waals surface area contributed by atoms with Crippen molar-refractivity contribution in [3.63, 3.8) is 0 Å². The molecule has 0 aliphatic carbocycles. The van der Waals surface area contributed by atoms with Gasteiger partial charge in [0, 0.05) is 48.3 Å². The molecule has 1 atom stereocenters. The van der Waals surface area contributed by atoms with Gasteiger partial charge < -0.3 is 14.6 Å². The van der Waals surface area contributed by atoms with Crippen molar-refractivity contribution < 1.29 is 14.0 Å². The van der Waals surface area contributed by atoms with Gasteiger partial charge >= 0.3 is 0 Å². The van der Waals surface area contributed by atoms with Crippen molar-refractivity contribution in [3.05, 3.63) is 60.0 Å². The Morgan fingerprint density at radius 1 is 1.09 bits per heavy atom. The van der Waals surface area contributed by atoms with E-state index in [4.69, 9.17) is 4.42 Å². The number of thioether (sulfide) groups is 1. The second kappa shape index (κ2) is 9.97. The van der Waals surface area contributed by atoms with Gasteiger partial charge in [-0.1, -0.05) is 18.2 Å². The number of benzene rings is 2. The minimum Gasteiger partial charge on any atom is -0.440 e. The fourth-order valence-corrected chi connectivity index (χ4v) is 5.45. The molecule has 0 saturated carbocycles. The van der Waals surface area contributed by atoms with Crippen LogP contribution in [-0.2, 0) is 4.79 Å². The van der Waals surface area contributed by atoms with E-state index in [2.05, 4.69) is 15.2 Å². The van der Waals surface area contributed by atoms with E-state index in [1.54, 1.807) is 6.07 Å². The third kappa shape index (κ3) is 5.23. The number of anilines is 1. The van der Waals surface area contributed by atoms with Crippen LogP contribution < -0.4 is 5.32 Å². The number of aromatic nitrogens is 1. The van der Waals surface area contributed by atoms with Crippen molar-refractivity contribution in [1.82, 2.24) is 14.8 Å². The van der Waals surface area contributed by atoms with E-state index in [0.717, 1.165) is 67.5 Å². The topological polar surface area (TPSA) is 78.7 Å².